The molecule has 144 valence electrons. The van der Waals surface area contributed by atoms with Crippen molar-refractivity contribution in [2.24, 2.45) is 0 Å². The Hall–Kier alpha value is -2.74. The molecule has 0 aliphatic carbocycles. The Morgan fingerprint density at radius 2 is 2.00 bits per heavy atom. The van der Waals surface area contributed by atoms with E-state index in [9.17, 15) is 9.90 Å². The van der Waals surface area contributed by atoms with Gasteiger partial charge in [-0.05, 0) is 32.9 Å². The molecule has 0 bridgehead atoms. The standard InChI is InChI=1S/C19H25N5O3/c1-4-27-18-15(6-5-7-20-18)16(19(25)26)23-8-10-24(11-9-23)17-14(3)21-12-13(2)22-17/h5-7,12,16H,4,8-11H2,1-3H3,(H,25,26)/t16-/m0/s1. The summed E-state index contributed by atoms with van der Waals surface area (Å²) in [6, 6.07) is 2.74. The van der Waals surface area contributed by atoms with Gasteiger partial charge >= 0.3 is 5.97 Å². The van der Waals surface area contributed by atoms with E-state index in [1.807, 2.05) is 25.7 Å². The van der Waals surface area contributed by atoms with E-state index < -0.39 is 12.0 Å². The minimum Gasteiger partial charge on any atom is -0.480 e. The smallest absolute Gasteiger partial charge is 0.325 e. The molecule has 1 atom stereocenters. The number of hydrogen-bond acceptors (Lipinski definition) is 7. The molecule has 8 nitrogen and oxygen atoms in total. The van der Waals surface area contributed by atoms with Crippen LogP contribution in [-0.4, -0.2) is 63.7 Å². The molecule has 3 rings (SSSR count). The highest BCUT2D eigenvalue weighted by Crippen LogP contribution is 2.29. The molecular formula is C19H25N5O3. The van der Waals surface area contributed by atoms with Crippen LogP contribution in [0.5, 0.6) is 5.88 Å². The van der Waals surface area contributed by atoms with Gasteiger partial charge in [0.2, 0.25) is 5.88 Å². The summed E-state index contributed by atoms with van der Waals surface area (Å²) in [5.74, 6) is 0.358. The first kappa shape index (κ1) is 19.0. The third kappa shape index (κ3) is 4.16. The second-order valence-electron chi connectivity index (χ2n) is 6.51. The summed E-state index contributed by atoms with van der Waals surface area (Å²) in [6.45, 7) is 8.75. The number of rotatable bonds is 6. The largest absolute Gasteiger partial charge is 0.480 e. The monoisotopic (exact) mass is 371 g/mol. The van der Waals surface area contributed by atoms with Crippen molar-refractivity contribution in [1.29, 1.82) is 0 Å². The summed E-state index contributed by atoms with van der Waals surface area (Å²) < 4.78 is 5.55. The fraction of sp³-hybridized carbons (Fsp3) is 0.474. The SMILES string of the molecule is CCOc1ncccc1[C@@H](C(=O)O)N1CCN(c2nc(C)cnc2C)CC1. The minimum absolute atomic E-state index is 0.384. The van der Waals surface area contributed by atoms with Crippen molar-refractivity contribution in [3.8, 4) is 5.88 Å². The molecule has 0 radical (unpaired) electrons. The molecule has 8 heteroatoms. The average molecular weight is 371 g/mol. The first-order chi connectivity index (χ1) is 13.0. The molecule has 27 heavy (non-hydrogen) atoms. The van der Waals surface area contributed by atoms with Crippen LogP contribution in [0.2, 0.25) is 0 Å². The van der Waals surface area contributed by atoms with Crippen LogP contribution >= 0.6 is 0 Å². The van der Waals surface area contributed by atoms with Crippen LogP contribution in [-0.2, 0) is 4.79 Å². The van der Waals surface area contributed by atoms with Gasteiger partial charge in [0.25, 0.3) is 0 Å². The van der Waals surface area contributed by atoms with Crippen molar-refractivity contribution in [2.45, 2.75) is 26.8 Å². The Morgan fingerprint density at radius 1 is 1.26 bits per heavy atom. The molecule has 1 saturated heterocycles. The maximum absolute atomic E-state index is 12.0. The lowest BCUT2D eigenvalue weighted by molar-refractivity contribution is -0.143. The van der Waals surface area contributed by atoms with E-state index in [0.717, 1.165) is 17.2 Å². The number of aromatic nitrogens is 3. The lowest BCUT2D eigenvalue weighted by atomic mass is 10.1. The highest BCUT2D eigenvalue weighted by atomic mass is 16.5. The summed E-state index contributed by atoms with van der Waals surface area (Å²) in [5, 5.41) is 9.87. The van der Waals surface area contributed by atoms with Gasteiger partial charge in [0.05, 0.1) is 18.0 Å². The lowest BCUT2D eigenvalue weighted by Crippen LogP contribution is -2.49. The first-order valence-electron chi connectivity index (χ1n) is 9.11. The maximum atomic E-state index is 12.0. The molecule has 2 aromatic heterocycles. The Bertz CT molecular complexity index is 806. The van der Waals surface area contributed by atoms with E-state index in [-0.39, 0.29) is 0 Å². The number of aryl methyl sites for hydroxylation is 2. The van der Waals surface area contributed by atoms with Gasteiger partial charge in [-0.1, -0.05) is 0 Å². The minimum atomic E-state index is -0.899. The fourth-order valence-corrected chi connectivity index (χ4v) is 3.37. The van der Waals surface area contributed by atoms with Gasteiger partial charge in [0.1, 0.15) is 11.9 Å². The predicted octanol–water partition coefficient (Wildman–Crippen LogP) is 1.84. The molecule has 1 fully saturated rings. The van der Waals surface area contributed by atoms with Gasteiger partial charge in [0.15, 0.2) is 0 Å². The molecule has 3 heterocycles. The summed E-state index contributed by atoms with van der Waals surface area (Å²) in [4.78, 5) is 29.3. The van der Waals surface area contributed by atoms with Crippen molar-refractivity contribution in [3.63, 3.8) is 0 Å². The Kier molecular flexibility index (Phi) is 5.85. The zero-order valence-electron chi connectivity index (χ0n) is 15.9. The maximum Gasteiger partial charge on any atom is 0.325 e. The van der Waals surface area contributed by atoms with E-state index in [2.05, 4.69) is 19.9 Å². The Balaban J connectivity index is 1.78. The number of carboxylic acid groups (broad SMARTS) is 1. The predicted molar refractivity (Wildman–Crippen MR) is 101 cm³/mol. The van der Waals surface area contributed by atoms with E-state index in [0.29, 0.717) is 44.2 Å². The van der Waals surface area contributed by atoms with Crippen LogP contribution < -0.4 is 9.64 Å². The molecule has 2 aromatic rings. The topological polar surface area (TPSA) is 91.7 Å². The average Bonchev–Trinajstić information content (AvgIpc) is 2.66. The van der Waals surface area contributed by atoms with Gasteiger partial charge in [0, 0.05) is 44.1 Å². The number of carboxylic acids is 1. The molecule has 0 amide bonds. The molecule has 0 spiro atoms. The first-order valence-corrected chi connectivity index (χ1v) is 9.11. The van der Waals surface area contributed by atoms with Crippen LogP contribution in [0.3, 0.4) is 0 Å². The zero-order valence-corrected chi connectivity index (χ0v) is 15.9. The molecule has 0 saturated carbocycles. The number of pyridine rings is 1. The van der Waals surface area contributed by atoms with Crippen LogP contribution in [0, 0.1) is 13.8 Å². The molecular weight excluding hydrogens is 346 g/mol. The van der Waals surface area contributed by atoms with Crippen molar-refractivity contribution in [2.75, 3.05) is 37.7 Å². The molecule has 1 aliphatic heterocycles. The van der Waals surface area contributed by atoms with Crippen molar-refractivity contribution in [3.05, 3.63) is 41.5 Å². The molecule has 1 N–H and O–H groups in total. The van der Waals surface area contributed by atoms with Gasteiger partial charge in [-0.15, -0.1) is 0 Å². The van der Waals surface area contributed by atoms with Crippen LogP contribution in [0.4, 0.5) is 5.82 Å². The van der Waals surface area contributed by atoms with E-state index in [4.69, 9.17) is 4.74 Å². The number of hydrogen-bond donors (Lipinski definition) is 1. The molecule has 1 aliphatic rings. The summed E-state index contributed by atoms with van der Waals surface area (Å²) in [6.07, 6.45) is 3.37. The van der Waals surface area contributed by atoms with Gasteiger partial charge < -0.3 is 14.7 Å². The van der Waals surface area contributed by atoms with Crippen LogP contribution in [0.1, 0.15) is 29.9 Å². The van der Waals surface area contributed by atoms with Crippen LogP contribution in [0.15, 0.2) is 24.5 Å². The highest BCUT2D eigenvalue weighted by Gasteiger charge is 2.33. The van der Waals surface area contributed by atoms with E-state index >= 15 is 0 Å². The highest BCUT2D eigenvalue weighted by molar-refractivity contribution is 5.76. The fourth-order valence-electron chi connectivity index (χ4n) is 3.37. The van der Waals surface area contributed by atoms with Crippen LogP contribution in [0.25, 0.3) is 0 Å². The quantitative estimate of drug-likeness (QED) is 0.822. The van der Waals surface area contributed by atoms with Crippen molar-refractivity contribution >= 4 is 11.8 Å². The van der Waals surface area contributed by atoms with Gasteiger partial charge in [-0.3, -0.25) is 14.7 Å². The third-order valence-corrected chi connectivity index (χ3v) is 4.64. The lowest BCUT2D eigenvalue weighted by Gasteiger charge is -2.38. The van der Waals surface area contributed by atoms with E-state index in [1.54, 1.807) is 24.5 Å². The molecule has 0 aromatic carbocycles. The third-order valence-electron chi connectivity index (χ3n) is 4.64. The second kappa shape index (κ2) is 8.30. The number of ether oxygens (including phenoxy) is 1. The molecule has 0 unspecified atom stereocenters. The number of piperazine rings is 1. The van der Waals surface area contributed by atoms with Crippen molar-refractivity contribution < 1.29 is 14.6 Å². The number of nitrogens with zero attached hydrogens (tertiary/aromatic N) is 5. The van der Waals surface area contributed by atoms with Gasteiger partial charge in [-0.2, -0.15) is 0 Å². The number of anilines is 1. The normalized spacial score (nSPS) is 16.2. The summed E-state index contributed by atoms with van der Waals surface area (Å²) >= 11 is 0. The second-order valence-corrected chi connectivity index (χ2v) is 6.51. The van der Waals surface area contributed by atoms with E-state index in [1.165, 1.54) is 0 Å². The zero-order chi connectivity index (χ0) is 19.4. The number of aliphatic carboxylic acids is 1. The van der Waals surface area contributed by atoms with Gasteiger partial charge in [-0.25, -0.2) is 9.97 Å². The summed E-state index contributed by atoms with van der Waals surface area (Å²) in [7, 11) is 0. The van der Waals surface area contributed by atoms with Crippen molar-refractivity contribution in [1.82, 2.24) is 19.9 Å². The number of carbonyl (C=O) groups is 1. The Morgan fingerprint density at radius 3 is 2.67 bits per heavy atom. The summed E-state index contributed by atoms with van der Waals surface area (Å²) in [5.41, 5.74) is 2.35. The Labute approximate surface area is 158 Å².